The first-order valence-electron chi connectivity index (χ1n) is 7.07. The molecule has 0 saturated carbocycles. The summed E-state index contributed by atoms with van der Waals surface area (Å²) in [7, 11) is 0. The molecule has 2 rings (SSSR count). The first kappa shape index (κ1) is 16.6. The molecular formula is C15H18ClNO5. The smallest absolute Gasteiger partial charge is 0.344 e. The average Bonchev–Trinajstić information content (AvgIpc) is 2.94. The molecular weight excluding hydrogens is 310 g/mol. The summed E-state index contributed by atoms with van der Waals surface area (Å²) in [6.45, 7) is 4.44. The van der Waals surface area contributed by atoms with E-state index in [1.54, 1.807) is 25.1 Å². The molecule has 0 spiro atoms. The standard InChI is InChI=1S/C15H18ClNO5/c1-3-11(15(18)19)22-12-6-5-9(16)7-10(12)14-13(20-4-2)8-21-17-14/h5-7,11,13H,3-4,8H2,1-2H3,(H,18,19)/t11-,13?/m0/s1. The highest BCUT2D eigenvalue weighted by atomic mass is 35.5. The van der Waals surface area contributed by atoms with Gasteiger partial charge in [-0.3, -0.25) is 0 Å². The van der Waals surface area contributed by atoms with Crippen LogP contribution in [0.25, 0.3) is 0 Å². The molecule has 0 fully saturated rings. The van der Waals surface area contributed by atoms with E-state index in [1.165, 1.54) is 0 Å². The fraction of sp³-hybridized carbons (Fsp3) is 0.467. The molecule has 1 aromatic rings. The Bertz CT molecular complexity index is 575. The van der Waals surface area contributed by atoms with Crippen molar-refractivity contribution in [2.45, 2.75) is 32.5 Å². The van der Waals surface area contributed by atoms with Gasteiger partial charge in [-0.25, -0.2) is 4.79 Å². The molecule has 0 amide bonds. The van der Waals surface area contributed by atoms with Crippen molar-refractivity contribution in [1.29, 1.82) is 0 Å². The van der Waals surface area contributed by atoms with Crippen molar-refractivity contribution in [3.63, 3.8) is 0 Å². The van der Waals surface area contributed by atoms with Crippen molar-refractivity contribution in [1.82, 2.24) is 0 Å². The molecule has 22 heavy (non-hydrogen) atoms. The van der Waals surface area contributed by atoms with E-state index in [0.717, 1.165) is 0 Å². The number of carbonyl (C=O) groups is 1. The van der Waals surface area contributed by atoms with Crippen molar-refractivity contribution in [2.24, 2.45) is 5.16 Å². The lowest BCUT2D eigenvalue weighted by atomic mass is 10.0. The number of halogens is 1. The number of oxime groups is 1. The van der Waals surface area contributed by atoms with Gasteiger partial charge in [-0.15, -0.1) is 0 Å². The molecule has 1 aliphatic rings. The van der Waals surface area contributed by atoms with Gasteiger partial charge in [0, 0.05) is 17.2 Å². The molecule has 1 aromatic carbocycles. The van der Waals surface area contributed by atoms with Gasteiger partial charge in [-0.2, -0.15) is 0 Å². The SMILES string of the molecule is CCOC1CON=C1c1cc(Cl)ccc1O[C@@H](CC)C(=O)O. The zero-order valence-electron chi connectivity index (χ0n) is 12.4. The molecule has 0 aromatic heterocycles. The lowest BCUT2D eigenvalue weighted by molar-refractivity contribution is -0.145. The fourth-order valence-electron chi connectivity index (χ4n) is 2.13. The monoisotopic (exact) mass is 327 g/mol. The maximum atomic E-state index is 11.2. The van der Waals surface area contributed by atoms with Crippen LogP contribution in [0, 0.1) is 0 Å². The number of rotatable bonds is 7. The molecule has 0 bridgehead atoms. The van der Waals surface area contributed by atoms with Crippen LogP contribution in [0.4, 0.5) is 0 Å². The molecule has 1 heterocycles. The minimum Gasteiger partial charge on any atom is -0.479 e. The van der Waals surface area contributed by atoms with Gasteiger partial charge >= 0.3 is 5.97 Å². The topological polar surface area (TPSA) is 77.3 Å². The third kappa shape index (κ3) is 3.69. The van der Waals surface area contributed by atoms with Crippen LogP contribution < -0.4 is 4.74 Å². The molecule has 1 unspecified atom stereocenters. The fourth-order valence-corrected chi connectivity index (χ4v) is 2.30. The number of benzene rings is 1. The summed E-state index contributed by atoms with van der Waals surface area (Å²) in [4.78, 5) is 16.3. The van der Waals surface area contributed by atoms with Crippen LogP contribution in [0.15, 0.2) is 23.4 Å². The van der Waals surface area contributed by atoms with Crippen LogP contribution in [0.3, 0.4) is 0 Å². The zero-order valence-corrected chi connectivity index (χ0v) is 13.2. The van der Waals surface area contributed by atoms with E-state index in [2.05, 4.69) is 5.16 Å². The second-order valence-corrected chi connectivity index (χ2v) is 5.15. The largest absolute Gasteiger partial charge is 0.479 e. The number of carboxylic acid groups (broad SMARTS) is 1. The summed E-state index contributed by atoms with van der Waals surface area (Å²) < 4.78 is 11.2. The molecule has 0 radical (unpaired) electrons. The zero-order chi connectivity index (χ0) is 16.1. The predicted molar refractivity (Wildman–Crippen MR) is 81.7 cm³/mol. The van der Waals surface area contributed by atoms with Crippen LogP contribution in [-0.4, -0.2) is 42.2 Å². The Kier molecular flexibility index (Phi) is 5.63. The Balaban J connectivity index is 2.34. The van der Waals surface area contributed by atoms with Gasteiger partial charge in [-0.1, -0.05) is 23.7 Å². The van der Waals surface area contributed by atoms with Gasteiger partial charge in [0.15, 0.2) is 6.10 Å². The third-order valence-electron chi connectivity index (χ3n) is 3.19. The van der Waals surface area contributed by atoms with Crippen LogP contribution in [-0.2, 0) is 14.4 Å². The van der Waals surface area contributed by atoms with Crippen molar-refractivity contribution < 1.29 is 24.2 Å². The maximum Gasteiger partial charge on any atom is 0.344 e. The summed E-state index contributed by atoms with van der Waals surface area (Å²) in [5.41, 5.74) is 1.14. The van der Waals surface area contributed by atoms with Gasteiger partial charge in [0.05, 0.1) is 0 Å². The van der Waals surface area contributed by atoms with E-state index in [1.807, 2.05) is 6.92 Å². The normalized spacial score (nSPS) is 18.5. The molecule has 6 nitrogen and oxygen atoms in total. The van der Waals surface area contributed by atoms with Gasteiger partial charge in [0.25, 0.3) is 0 Å². The summed E-state index contributed by atoms with van der Waals surface area (Å²) >= 11 is 6.04. The first-order chi connectivity index (χ1) is 10.6. The quantitative estimate of drug-likeness (QED) is 0.833. The van der Waals surface area contributed by atoms with E-state index in [-0.39, 0.29) is 6.10 Å². The lowest BCUT2D eigenvalue weighted by Crippen LogP contribution is -2.29. The molecule has 120 valence electrons. The maximum absolute atomic E-state index is 11.2. The van der Waals surface area contributed by atoms with Crippen molar-refractivity contribution in [3.05, 3.63) is 28.8 Å². The van der Waals surface area contributed by atoms with Gasteiger partial charge in [0.2, 0.25) is 0 Å². The van der Waals surface area contributed by atoms with Crippen LogP contribution >= 0.6 is 11.6 Å². The molecule has 1 aliphatic heterocycles. The van der Waals surface area contributed by atoms with Gasteiger partial charge < -0.3 is 19.4 Å². The van der Waals surface area contributed by atoms with Crippen LogP contribution in [0.5, 0.6) is 5.75 Å². The second kappa shape index (κ2) is 7.47. The lowest BCUT2D eigenvalue weighted by Gasteiger charge is -2.18. The van der Waals surface area contributed by atoms with Gasteiger partial charge in [-0.05, 0) is 31.5 Å². The summed E-state index contributed by atoms with van der Waals surface area (Å²) in [6.07, 6.45) is -0.918. The van der Waals surface area contributed by atoms with Crippen molar-refractivity contribution >= 4 is 23.3 Å². The molecule has 7 heteroatoms. The van der Waals surface area contributed by atoms with Crippen molar-refractivity contribution in [2.75, 3.05) is 13.2 Å². The predicted octanol–water partition coefficient (Wildman–Crippen LogP) is 2.72. The minimum absolute atomic E-state index is 0.311. The van der Waals surface area contributed by atoms with Gasteiger partial charge in [0.1, 0.15) is 24.2 Å². The van der Waals surface area contributed by atoms with Crippen LogP contribution in [0.2, 0.25) is 5.02 Å². The molecule has 0 saturated heterocycles. The first-order valence-corrected chi connectivity index (χ1v) is 7.45. The number of hydrogen-bond acceptors (Lipinski definition) is 5. The van der Waals surface area contributed by atoms with E-state index < -0.39 is 12.1 Å². The van der Waals surface area contributed by atoms with Crippen LogP contribution in [0.1, 0.15) is 25.8 Å². The number of carboxylic acids is 1. The van der Waals surface area contributed by atoms with Crippen molar-refractivity contribution in [3.8, 4) is 5.75 Å². The second-order valence-electron chi connectivity index (χ2n) is 4.71. The van der Waals surface area contributed by atoms with E-state index in [9.17, 15) is 4.79 Å². The Labute approximate surface area is 133 Å². The highest BCUT2D eigenvalue weighted by Crippen LogP contribution is 2.28. The Hall–Kier alpha value is -1.79. The van der Waals surface area contributed by atoms with E-state index in [4.69, 9.17) is 31.0 Å². The average molecular weight is 328 g/mol. The summed E-state index contributed by atoms with van der Waals surface area (Å²) in [6, 6.07) is 4.94. The number of hydrogen-bond donors (Lipinski definition) is 1. The summed E-state index contributed by atoms with van der Waals surface area (Å²) in [5, 5.41) is 13.6. The Morgan fingerprint density at radius 3 is 2.95 bits per heavy atom. The molecule has 0 aliphatic carbocycles. The number of aliphatic carboxylic acids is 1. The summed E-state index contributed by atoms with van der Waals surface area (Å²) in [5.74, 6) is -0.623. The number of ether oxygens (including phenoxy) is 2. The Morgan fingerprint density at radius 1 is 1.55 bits per heavy atom. The minimum atomic E-state index is -1.02. The highest BCUT2D eigenvalue weighted by Gasteiger charge is 2.29. The van der Waals surface area contributed by atoms with E-state index >= 15 is 0 Å². The van der Waals surface area contributed by atoms with E-state index in [0.29, 0.717) is 41.7 Å². The Morgan fingerprint density at radius 2 is 2.32 bits per heavy atom. The molecule has 1 N–H and O–H groups in total. The highest BCUT2D eigenvalue weighted by molar-refractivity contribution is 6.31. The number of nitrogens with zero attached hydrogens (tertiary/aromatic N) is 1. The third-order valence-corrected chi connectivity index (χ3v) is 3.43. The molecule has 2 atom stereocenters.